The second kappa shape index (κ2) is 5.91. The molecule has 0 aliphatic carbocycles. The Kier molecular flexibility index (Phi) is 4.56. The number of halogens is 1. The number of benzene rings is 2. The largest absolute Gasteiger partial charge is 0.384 e. The Morgan fingerprint density at radius 3 is 2.14 bits per heavy atom. The number of hydrogen-bond donors (Lipinski definition) is 1. The molecule has 0 saturated heterocycles. The first-order valence-electron chi connectivity index (χ1n) is 6.45. The van der Waals surface area contributed by atoms with Crippen molar-refractivity contribution in [2.45, 2.75) is 24.8 Å². The van der Waals surface area contributed by atoms with Gasteiger partial charge >= 0.3 is 0 Å². The Hall–Kier alpha value is -1.17. The molecule has 2 aromatic rings. The highest BCUT2D eigenvalue weighted by atomic mass is 79.9. The minimum atomic E-state index is -3.22. The van der Waals surface area contributed by atoms with Crippen LogP contribution in [0.4, 0.5) is 0 Å². The molecule has 0 amide bonds. The maximum atomic E-state index is 11.5. The van der Waals surface area contributed by atoms with Crippen molar-refractivity contribution in [3.63, 3.8) is 0 Å². The second-order valence-corrected chi connectivity index (χ2v) is 8.07. The third-order valence-corrected chi connectivity index (χ3v) is 5.45. The first-order chi connectivity index (χ1) is 9.70. The Bertz CT molecular complexity index is 765. The molecule has 0 aliphatic heterocycles. The van der Waals surface area contributed by atoms with Gasteiger partial charge in [0.1, 0.15) is 6.10 Å². The van der Waals surface area contributed by atoms with E-state index in [2.05, 4.69) is 15.9 Å². The van der Waals surface area contributed by atoms with Crippen LogP contribution in [0.2, 0.25) is 0 Å². The molecule has 1 unspecified atom stereocenters. The highest BCUT2D eigenvalue weighted by Gasteiger charge is 2.15. The highest BCUT2D eigenvalue weighted by Crippen LogP contribution is 2.29. The Morgan fingerprint density at radius 1 is 1.05 bits per heavy atom. The smallest absolute Gasteiger partial charge is 0.175 e. The zero-order valence-electron chi connectivity index (χ0n) is 12.1. The van der Waals surface area contributed by atoms with E-state index in [0.717, 1.165) is 21.2 Å². The normalized spacial score (nSPS) is 13.2. The summed E-state index contributed by atoms with van der Waals surface area (Å²) in [5, 5.41) is 10.5. The quantitative estimate of drug-likeness (QED) is 0.900. The lowest BCUT2D eigenvalue weighted by molar-refractivity contribution is 0.219. The summed E-state index contributed by atoms with van der Waals surface area (Å²) >= 11 is 3.47. The molecule has 2 aromatic carbocycles. The third-order valence-electron chi connectivity index (χ3n) is 3.47. The summed E-state index contributed by atoms with van der Waals surface area (Å²) in [6.07, 6.45) is 0.395. The summed E-state index contributed by atoms with van der Waals surface area (Å²) in [6.45, 7) is 3.90. The lowest BCUT2D eigenvalue weighted by Gasteiger charge is -2.16. The van der Waals surface area contributed by atoms with Crippen LogP contribution in [0.3, 0.4) is 0 Å². The zero-order valence-corrected chi connectivity index (χ0v) is 14.5. The van der Waals surface area contributed by atoms with Gasteiger partial charge in [-0.1, -0.05) is 34.1 Å². The summed E-state index contributed by atoms with van der Waals surface area (Å²) < 4.78 is 23.9. The van der Waals surface area contributed by atoms with Gasteiger partial charge in [0.25, 0.3) is 0 Å². The van der Waals surface area contributed by atoms with Crippen LogP contribution < -0.4 is 0 Å². The van der Waals surface area contributed by atoms with Crippen LogP contribution in [0.1, 0.15) is 28.4 Å². The van der Waals surface area contributed by atoms with Crippen molar-refractivity contribution in [2.75, 3.05) is 6.26 Å². The maximum Gasteiger partial charge on any atom is 0.175 e. The van der Waals surface area contributed by atoms with Gasteiger partial charge in [-0.25, -0.2) is 8.42 Å². The minimum absolute atomic E-state index is 0.252. The van der Waals surface area contributed by atoms with E-state index in [0.29, 0.717) is 5.56 Å². The van der Waals surface area contributed by atoms with E-state index >= 15 is 0 Å². The number of aliphatic hydroxyl groups is 1. The van der Waals surface area contributed by atoms with Gasteiger partial charge in [-0.15, -0.1) is 0 Å². The molecule has 1 N–H and O–H groups in total. The van der Waals surface area contributed by atoms with Crippen molar-refractivity contribution >= 4 is 25.8 Å². The van der Waals surface area contributed by atoms with E-state index in [-0.39, 0.29) is 4.90 Å². The Labute approximate surface area is 133 Å². The molecule has 5 heteroatoms. The molecule has 2 rings (SSSR count). The fourth-order valence-corrected chi connectivity index (χ4v) is 3.26. The van der Waals surface area contributed by atoms with Crippen LogP contribution in [0, 0.1) is 13.8 Å². The van der Waals surface area contributed by atoms with Gasteiger partial charge in [-0.2, -0.15) is 0 Å². The number of rotatable bonds is 3. The average molecular weight is 369 g/mol. The summed E-state index contributed by atoms with van der Waals surface area (Å²) in [7, 11) is -3.22. The lowest BCUT2D eigenvalue weighted by atomic mass is 9.96. The zero-order chi connectivity index (χ0) is 15.8. The van der Waals surface area contributed by atoms with Gasteiger partial charge < -0.3 is 5.11 Å². The fourth-order valence-electron chi connectivity index (χ4n) is 2.17. The molecular weight excluding hydrogens is 352 g/mol. The van der Waals surface area contributed by atoms with Gasteiger partial charge in [0.2, 0.25) is 0 Å². The van der Waals surface area contributed by atoms with E-state index in [1.807, 2.05) is 26.0 Å². The Morgan fingerprint density at radius 2 is 1.62 bits per heavy atom. The molecule has 0 spiro atoms. The van der Waals surface area contributed by atoms with Crippen molar-refractivity contribution in [1.82, 2.24) is 0 Å². The highest BCUT2D eigenvalue weighted by molar-refractivity contribution is 9.10. The monoisotopic (exact) mass is 368 g/mol. The molecule has 0 aliphatic rings. The van der Waals surface area contributed by atoms with Gasteiger partial charge in [0.05, 0.1) is 4.90 Å². The van der Waals surface area contributed by atoms with Crippen molar-refractivity contribution in [3.05, 3.63) is 63.1 Å². The molecule has 0 saturated carbocycles. The van der Waals surface area contributed by atoms with Crippen molar-refractivity contribution in [1.29, 1.82) is 0 Å². The standard InChI is InChI=1S/C16H17BrO3S/c1-10-9-15(17)11(2)8-14(10)16(18)12-4-6-13(7-5-12)21(3,19)20/h4-9,16,18H,1-3H3. The predicted octanol–water partition coefficient (Wildman–Crippen LogP) is 3.55. The van der Waals surface area contributed by atoms with Crippen molar-refractivity contribution in [2.24, 2.45) is 0 Å². The van der Waals surface area contributed by atoms with E-state index in [9.17, 15) is 13.5 Å². The fraction of sp³-hybridized carbons (Fsp3) is 0.250. The van der Waals surface area contributed by atoms with Gasteiger partial charge in [0.15, 0.2) is 9.84 Å². The van der Waals surface area contributed by atoms with E-state index in [4.69, 9.17) is 0 Å². The van der Waals surface area contributed by atoms with Crippen LogP contribution in [0.5, 0.6) is 0 Å². The summed E-state index contributed by atoms with van der Waals surface area (Å²) in [4.78, 5) is 0.252. The summed E-state index contributed by atoms with van der Waals surface area (Å²) in [5.74, 6) is 0. The molecule has 3 nitrogen and oxygen atoms in total. The van der Waals surface area contributed by atoms with Crippen molar-refractivity contribution in [3.8, 4) is 0 Å². The number of sulfone groups is 1. The van der Waals surface area contributed by atoms with Crippen LogP contribution in [0.15, 0.2) is 45.8 Å². The molecular formula is C16H17BrO3S. The minimum Gasteiger partial charge on any atom is -0.384 e. The van der Waals surface area contributed by atoms with Crippen LogP contribution in [-0.4, -0.2) is 19.8 Å². The first kappa shape index (κ1) is 16.2. The van der Waals surface area contributed by atoms with E-state index < -0.39 is 15.9 Å². The topological polar surface area (TPSA) is 54.4 Å². The maximum absolute atomic E-state index is 11.5. The molecule has 112 valence electrons. The van der Waals surface area contributed by atoms with E-state index in [1.54, 1.807) is 12.1 Å². The van der Waals surface area contributed by atoms with Crippen LogP contribution >= 0.6 is 15.9 Å². The molecule has 0 aromatic heterocycles. The average Bonchev–Trinajstić information content (AvgIpc) is 2.41. The number of hydrogen-bond acceptors (Lipinski definition) is 3. The molecule has 0 fully saturated rings. The molecule has 1 atom stereocenters. The van der Waals surface area contributed by atoms with E-state index in [1.165, 1.54) is 18.4 Å². The number of aryl methyl sites for hydroxylation is 2. The first-order valence-corrected chi connectivity index (χ1v) is 9.13. The predicted molar refractivity (Wildman–Crippen MR) is 87.2 cm³/mol. The Balaban J connectivity index is 2.41. The van der Waals surface area contributed by atoms with Gasteiger partial charge in [-0.05, 0) is 54.3 Å². The van der Waals surface area contributed by atoms with Gasteiger partial charge in [-0.3, -0.25) is 0 Å². The van der Waals surface area contributed by atoms with Crippen molar-refractivity contribution < 1.29 is 13.5 Å². The number of aliphatic hydroxyl groups excluding tert-OH is 1. The second-order valence-electron chi connectivity index (χ2n) is 5.20. The SMILES string of the molecule is Cc1cc(C(O)c2ccc(S(C)(=O)=O)cc2)c(C)cc1Br. The van der Waals surface area contributed by atoms with Crippen LogP contribution in [0.25, 0.3) is 0 Å². The van der Waals surface area contributed by atoms with Gasteiger partial charge in [0, 0.05) is 10.7 Å². The molecule has 0 bridgehead atoms. The molecule has 0 radical (unpaired) electrons. The summed E-state index contributed by atoms with van der Waals surface area (Å²) in [5.41, 5.74) is 3.52. The lowest BCUT2D eigenvalue weighted by Crippen LogP contribution is -2.04. The summed E-state index contributed by atoms with van der Waals surface area (Å²) in [6, 6.07) is 10.3. The molecule has 21 heavy (non-hydrogen) atoms. The van der Waals surface area contributed by atoms with Crippen LogP contribution in [-0.2, 0) is 9.84 Å². The third kappa shape index (κ3) is 3.54. The molecule has 0 heterocycles.